The molecule has 0 unspecified atom stereocenters. The molecule has 0 aliphatic carbocycles. The summed E-state index contributed by atoms with van der Waals surface area (Å²) in [5.41, 5.74) is 1.80. The van der Waals surface area contributed by atoms with E-state index in [1.807, 2.05) is 60.9 Å². The molecule has 2 aromatic carbocycles. The van der Waals surface area contributed by atoms with Crippen molar-refractivity contribution < 1.29 is 4.79 Å². The molecule has 3 heteroatoms. The van der Waals surface area contributed by atoms with Crippen LogP contribution >= 0.6 is 11.8 Å². The first-order chi connectivity index (χ1) is 8.79. The standard InChI is InChI=1S/C15H15NOS/c1-18-14-9-7-13(8-10-14)15(17)16-11-12-5-3-2-4-6-12/h2-10H,11H2,1H3,(H,16,17). The average Bonchev–Trinajstić information content (AvgIpc) is 2.46. The van der Waals surface area contributed by atoms with Crippen LogP contribution in [0.25, 0.3) is 0 Å². The van der Waals surface area contributed by atoms with E-state index in [0.717, 1.165) is 10.5 Å². The van der Waals surface area contributed by atoms with E-state index in [4.69, 9.17) is 0 Å². The number of carbonyl (C=O) groups excluding carboxylic acids is 1. The van der Waals surface area contributed by atoms with Crippen LogP contribution in [0.4, 0.5) is 0 Å². The van der Waals surface area contributed by atoms with Crippen molar-refractivity contribution in [2.45, 2.75) is 11.4 Å². The van der Waals surface area contributed by atoms with Gasteiger partial charge >= 0.3 is 0 Å². The molecule has 0 bridgehead atoms. The molecule has 0 heterocycles. The largest absolute Gasteiger partial charge is 0.348 e. The van der Waals surface area contributed by atoms with Gasteiger partial charge in [-0.25, -0.2) is 0 Å². The smallest absolute Gasteiger partial charge is 0.251 e. The van der Waals surface area contributed by atoms with Crippen LogP contribution in [0.2, 0.25) is 0 Å². The molecular formula is C15H15NOS. The molecule has 2 rings (SSSR count). The Morgan fingerprint density at radius 1 is 1.06 bits per heavy atom. The minimum atomic E-state index is -0.0356. The van der Waals surface area contributed by atoms with Gasteiger partial charge in [-0.3, -0.25) is 4.79 Å². The van der Waals surface area contributed by atoms with Gasteiger partial charge in [0.1, 0.15) is 0 Å². The van der Waals surface area contributed by atoms with E-state index in [-0.39, 0.29) is 5.91 Å². The lowest BCUT2D eigenvalue weighted by atomic mass is 10.2. The minimum absolute atomic E-state index is 0.0356. The third-order valence-corrected chi connectivity index (χ3v) is 3.39. The Morgan fingerprint density at radius 2 is 1.72 bits per heavy atom. The normalized spacial score (nSPS) is 10.1. The molecule has 0 aromatic heterocycles. The van der Waals surface area contributed by atoms with Crippen LogP contribution in [0, 0.1) is 0 Å². The van der Waals surface area contributed by atoms with Gasteiger partial charge in [0.2, 0.25) is 0 Å². The summed E-state index contributed by atoms with van der Waals surface area (Å²) in [4.78, 5) is 13.1. The molecule has 0 radical (unpaired) electrons. The van der Waals surface area contributed by atoms with E-state index in [1.165, 1.54) is 0 Å². The first-order valence-electron chi connectivity index (χ1n) is 5.76. The van der Waals surface area contributed by atoms with Gasteiger partial charge in [-0.15, -0.1) is 11.8 Å². The van der Waals surface area contributed by atoms with Crippen molar-refractivity contribution in [3.63, 3.8) is 0 Å². The zero-order valence-corrected chi connectivity index (χ0v) is 11.0. The third-order valence-electron chi connectivity index (χ3n) is 2.65. The van der Waals surface area contributed by atoms with Crippen LogP contribution in [0.3, 0.4) is 0 Å². The van der Waals surface area contributed by atoms with E-state index in [1.54, 1.807) is 11.8 Å². The predicted octanol–water partition coefficient (Wildman–Crippen LogP) is 3.34. The Morgan fingerprint density at radius 3 is 2.33 bits per heavy atom. The molecule has 1 amide bonds. The van der Waals surface area contributed by atoms with Crippen LogP contribution in [0.5, 0.6) is 0 Å². The monoisotopic (exact) mass is 257 g/mol. The summed E-state index contributed by atoms with van der Waals surface area (Å²) in [7, 11) is 0. The summed E-state index contributed by atoms with van der Waals surface area (Å²) in [5.74, 6) is -0.0356. The van der Waals surface area contributed by atoms with Gasteiger partial charge < -0.3 is 5.32 Å². The van der Waals surface area contributed by atoms with Gasteiger partial charge in [-0.05, 0) is 36.1 Å². The molecule has 0 fully saturated rings. The number of thioether (sulfide) groups is 1. The molecule has 0 aliphatic rings. The van der Waals surface area contributed by atoms with E-state index >= 15 is 0 Å². The molecule has 1 N–H and O–H groups in total. The Bertz CT molecular complexity index is 508. The number of hydrogen-bond acceptors (Lipinski definition) is 2. The second kappa shape index (κ2) is 6.26. The molecule has 0 saturated carbocycles. The highest BCUT2D eigenvalue weighted by molar-refractivity contribution is 7.98. The van der Waals surface area contributed by atoms with E-state index in [9.17, 15) is 4.79 Å². The van der Waals surface area contributed by atoms with Crippen LogP contribution < -0.4 is 5.32 Å². The van der Waals surface area contributed by atoms with Crippen molar-refractivity contribution in [1.29, 1.82) is 0 Å². The second-order valence-corrected chi connectivity index (χ2v) is 4.78. The predicted molar refractivity (Wildman–Crippen MR) is 75.8 cm³/mol. The van der Waals surface area contributed by atoms with Gasteiger partial charge in [0.25, 0.3) is 5.91 Å². The van der Waals surface area contributed by atoms with Crippen molar-refractivity contribution in [3.8, 4) is 0 Å². The summed E-state index contributed by atoms with van der Waals surface area (Å²) < 4.78 is 0. The van der Waals surface area contributed by atoms with Crippen LogP contribution in [0.1, 0.15) is 15.9 Å². The molecule has 2 nitrogen and oxygen atoms in total. The van der Waals surface area contributed by atoms with Crippen molar-refractivity contribution in [2.24, 2.45) is 0 Å². The van der Waals surface area contributed by atoms with Crippen molar-refractivity contribution in [3.05, 3.63) is 65.7 Å². The number of rotatable bonds is 4. The molecule has 0 aliphatic heterocycles. The van der Waals surface area contributed by atoms with E-state index in [2.05, 4.69) is 5.32 Å². The number of hydrogen-bond donors (Lipinski definition) is 1. The maximum atomic E-state index is 11.9. The Kier molecular flexibility index (Phi) is 4.42. The van der Waals surface area contributed by atoms with Gasteiger partial charge in [0, 0.05) is 17.0 Å². The number of nitrogens with one attached hydrogen (secondary N) is 1. The fourth-order valence-electron chi connectivity index (χ4n) is 1.62. The topological polar surface area (TPSA) is 29.1 Å². The molecule has 2 aromatic rings. The maximum Gasteiger partial charge on any atom is 0.251 e. The van der Waals surface area contributed by atoms with Crippen LogP contribution in [-0.4, -0.2) is 12.2 Å². The first-order valence-corrected chi connectivity index (χ1v) is 6.98. The van der Waals surface area contributed by atoms with Crippen molar-refractivity contribution >= 4 is 17.7 Å². The first kappa shape index (κ1) is 12.7. The van der Waals surface area contributed by atoms with Crippen LogP contribution in [0.15, 0.2) is 59.5 Å². The number of benzene rings is 2. The fourth-order valence-corrected chi connectivity index (χ4v) is 2.03. The summed E-state index contributed by atoms with van der Waals surface area (Å²) in [6.07, 6.45) is 2.02. The summed E-state index contributed by atoms with van der Waals surface area (Å²) >= 11 is 1.67. The second-order valence-electron chi connectivity index (χ2n) is 3.90. The Hall–Kier alpha value is -1.74. The highest BCUT2D eigenvalue weighted by atomic mass is 32.2. The average molecular weight is 257 g/mol. The summed E-state index contributed by atoms with van der Waals surface area (Å²) in [5, 5.41) is 2.91. The van der Waals surface area contributed by atoms with E-state index < -0.39 is 0 Å². The number of amides is 1. The molecule has 92 valence electrons. The zero-order chi connectivity index (χ0) is 12.8. The lowest BCUT2D eigenvalue weighted by molar-refractivity contribution is 0.0951. The quantitative estimate of drug-likeness (QED) is 0.851. The molecular weight excluding hydrogens is 242 g/mol. The fraction of sp³-hybridized carbons (Fsp3) is 0.133. The molecule has 0 atom stereocenters. The van der Waals surface area contributed by atoms with Gasteiger partial charge in [0.15, 0.2) is 0 Å². The summed E-state index contributed by atoms with van der Waals surface area (Å²) in [6.45, 7) is 0.559. The van der Waals surface area contributed by atoms with Crippen molar-refractivity contribution in [1.82, 2.24) is 5.32 Å². The molecule has 18 heavy (non-hydrogen) atoms. The Labute approximate surface area is 111 Å². The van der Waals surface area contributed by atoms with Gasteiger partial charge in [-0.2, -0.15) is 0 Å². The highest BCUT2D eigenvalue weighted by Crippen LogP contribution is 2.14. The minimum Gasteiger partial charge on any atom is -0.348 e. The molecule has 0 saturated heterocycles. The number of carbonyl (C=O) groups is 1. The SMILES string of the molecule is CSc1ccc(C(=O)NCc2ccccc2)cc1. The summed E-state index contributed by atoms with van der Waals surface area (Å²) in [6, 6.07) is 17.5. The third kappa shape index (κ3) is 3.37. The van der Waals surface area contributed by atoms with Crippen LogP contribution in [-0.2, 0) is 6.54 Å². The van der Waals surface area contributed by atoms with Crippen molar-refractivity contribution in [2.75, 3.05) is 6.26 Å². The maximum absolute atomic E-state index is 11.9. The van der Waals surface area contributed by atoms with Gasteiger partial charge in [0.05, 0.1) is 0 Å². The lowest BCUT2D eigenvalue weighted by Gasteiger charge is -2.05. The highest BCUT2D eigenvalue weighted by Gasteiger charge is 2.04. The molecule has 0 spiro atoms. The van der Waals surface area contributed by atoms with Gasteiger partial charge in [-0.1, -0.05) is 30.3 Å². The lowest BCUT2D eigenvalue weighted by Crippen LogP contribution is -2.22. The zero-order valence-electron chi connectivity index (χ0n) is 10.2. The van der Waals surface area contributed by atoms with E-state index in [0.29, 0.717) is 12.1 Å². The Balaban J connectivity index is 1.95.